The first-order chi connectivity index (χ1) is 7.24. The maximum absolute atomic E-state index is 5.56. The van der Waals surface area contributed by atoms with E-state index in [0.29, 0.717) is 5.92 Å². The monoisotopic (exact) mass is 226 g/mol. The van der Waals surface area contributed by atoms with E-state index in [2.05, 4.69) is 30.6 Å². The van der Waals surface area contributed by atoms with Gasteiger partial charge in [-0.3, -0.25) is 0 Å². The lowest BCUT2D eigenvalue weighted by molar-refractivity contribution is 0.511. The second-order valence-electron chi connectivity index (χ2n) is 4.16. The highest BCUT2D eigenvalue weighted by Crippen LogP contribution is 2.15. The molecule has 0 aliphatic heterocycles. The highest BCUT2D eigenvalue weighted by molar-refractivity contribution is 7.10. The van der Waals surface area contributed by atoms with Crippen LogP contribution in [-0.4, -0.2) is 19.6 Å². The minimum atomic E-state index is 0.640. The first-order valence-corrected chi connectivity index (χ1v) is 6.55. The Bertz CT molecular complexity index is 270. The number of aryl methyl sites for hydroxylation is 1. The molecule has 3 heteroatoms. The molecule has 2 nitrogen and oxygen atoms in total. The van der Waals surface area contributed by atoms with Gasteiger partial charge in [-0.15, -0.1) is 11.3 Å². The molecule has 3 N–H and O–H groups in total. The number of hydrogen-bond donors (Lipinski definition) is 2. The van der Waals surface area contributed by atoms with Crippen molar-refractivity contribution in [3.8, 4) is 0 Å². The fourth-order valence-electron chi connectivity index (χ4n) is 1.45. The molecule has 0 radical (unpaired) electrons. The number of rotatable bonds is 7. The Morgan fingerprint density at radius 2 is 2.27 bits per heavy atom. The van der Waals surface area contributed by atoms with Crippen LogP contribution in [0.1, 0.15) is 23.8 Å². The van der Waals surface area contributed by atoms with Crippen molar-refractivity contribution in [3.05, 3.63) is 21.9 Å². The Labute approximate surface area is 96.9 Å². The highest BCUT2D eigenvalue weighted by atomic mass is 32.1. The molecule has 0 spiro atoms. The van der Waals surface area contributed by atoms with E-state index in [-0.39, 0.29) is 0 Å². The van der Waals surface area contributed by atoms with E-state index in [0.717, 1.165) is 26.1 Å². The molecule has 1 atom stereocenters. The smallest absolute Gasteiger partial charge is 0.00870 e. The van der Waals surface area contributed by atoms with Gasteiger partial charge < -0.3 is 11.1 Å². The van der Waals surface area contributed by atoms with E-state index in [9.17, 15) is 0 Å². The van der Waals surface area contributed by atoms with Crippen LogP contribution >= 0.6 is 11.3 Å². The summed E-state index contributed by atoms with van der Waals surface area (Å²) in [7, 11) is 0. The van der Waals surface area contributed by atoms with Crippen LogP contribution in [0.5, 0.6) is 0 Å². The predicted molar refractivity (Wildman–Crippen MR) is 68.5 cm³/mol. The summed E-state index contributed by atoms with van der Waals surface area (Å²) in [5.41, 5.74) is 6.99. The van der Waals surface area contributed by atoms with Crippen molar-refractivity contribution in [1.82, 2.24) is 5.32 Å². The van der Waals surface area contributed by atoms with Crippen LogP contribution in [0, 0.1) is 12.8 Å². The number of nitrogens with two attached hydrogens (primary N) is 1. The minimum Gasteiger partial charge on any atom is -0.330 e. The van der Waals surface area contributed by atoms with Crippen LogP contribution in [-0.2, 0) is 6.42 Å². The van der Waals surface area contributed by atoms with Crippen molar-refractivity contribution in [2.24, 2.45) is 11.7 Å². The van der Waals surface area contributed by atoms with Crippen molar-refractivity contribution in [2.75, 3.05) is 19.6 Å². The lowest BCUT2D eigenvalue weighted by Gasteiger charge is -2.08. The zero-order chi connectivity index (χ0) is 11.1. The molecular formula is C12H22N2S. The minimum absolute atomic E-state index is 0.640. The SMILES string of the molecule is Cc1ccsc1CCNCCC(C)CN. The second kappa shape index (κ2) is 6.99. The van der Waals surface area contributed by atoms with Crippen molar-refractivity contribution in [3.63, 3.8) is 0 Å². The Kier molecular flexibility index (Phi) is 5.91. The van der Waals surface area contributed by atoms with Gasteiger partial charge in [0.05, 0.1) is 0 Å². The van der Waals surface area contributed by atoms with Crippen LogP contribution in [0.4, 0.5) is 0 Å². The second-order valence-corrected chi connectivity index (χ2v) is 5.16. The molecule has 0 aromatic carbocycles. The average Bonchev–Trinajstić information content (AvgIpc) is 2.63. The summed E-state index contributed by atoms with van der Waals surface area (Å²) in [6, 6.07) is 2.19. The Morgan fingerprint density at radius 1 is 1.47 bits per heavy atom. The van der Waals surface area contributed by atoms with Gasteiger partial charge in [0, 0.05) is 4.88 Å². The zero-order valence-corrected chi connectivity index (χ0v) is 10.6. The molecule has 1 unspecified atom stereocenters. The molecule has 0 aliphatic carbocycles. The molecule has 0 saturated carbocycles. The summed E-state index contributed by atoms with van der Waals surface area (Å²) in [6.45, 7) is 7.35. The maximum Gasteiger partial charge on any atom is 0.00870 e. The molecule has 0 amide bonds. The fraction of sp³-hybridized carbons (Fsp3) is 0.667. The zero-order valence-electron chi connectivity index (χ0n) is 9.75. The largest absolute Gasteiger partial charge is 0.330 e. The topological polar surface area (TPSA) is 38.0 Å². The van der Waals surface area contributed by atoms with Crippen LogP contribution in [0.25, 0.3) is 0 Å². The van der Waals surface area contributed by atoms with Gasteiger partial charge in [0.1, 0.15) is 0 Å². The Hall–Kier alpha value is -0.380. The van der Waals surface area contributed by atoms with Crippen molar-refractivity contribution < 1.29 is 0 Å². The average molecular weight is 226 g/mol. The lowest BCUT2D eigenvalue weighted by Crippen LogP contribution is -2.22. The van der Waals surface area contributed by atoms with E-state index < -0.39 is 0 Å². The third kappa shape index (κ3) is 4.78. The molecule has 1 rings (SSSR count). The molecule has 0 aliphatic rings. The van der Waals surface area contributed by atoms with Gasteiger partial charge >= 0.3 is 0 Å². The Morgan fingerprint density at radius 3 is 2.87 bits per heavy atom. The van der Waals surface area contributed by atoms with Gasteiger partial charge in [-0.2, -0.15) is 0 Å². The highest BCUT2D eigenvalue weighted by Gasteiger charge is 2.00. The number of nitrogens with one attached hydrogen (secondary N) is 1. The standard InChI is InChI=1S/C12H22N2S/c1-10(9-13)3-6-14-7-4-12-11(2)5-8-15-12/h5,8,10,14H,3-4,6-7,9,13H2,1-2H3. The quantitative estimate of drug-likeness (QED) is 0.699. The molecule has 1 heterocycles. The first kappa shape index (κ1) is 12.7. The van der Waals surface area contributed by atoms with Gasteiger partial charge in [0.25, 0.3) is 0 Å². The van der Waals surface area contributed by atoms with E-state index in [1.807, 2.05) is 11.3 Å². The van der Waals surface area contributed by atoms with Crippen molar-refractivity contribution in [2.45, 2.75) is 26.7 Å². The molecule has 0 fully saturated rings. The van der Waals surface area contributed by atoms with Gasteiger partial charge in [-0.05, 0) is 62.3 Å². The van der Waals surface area contributed by atoms with Gasteiger partial charge in [0.15, 0.2) is 0 Å². The predicted octanol–water partition coefficient (Wildman–Crippen LogP) is 2.17. The molecule has 15 heavy (non-hydrogen) atoms. The number of hydrogen-bond acceptors (Lipinski definition) is 3. The molecule has 0 saturated heterocycles. The van der Waals surface area contributed by atoms with Gasteiger partial charge in [0.2, 0.25) is 0 Å². The van der Waals surface area contributed by atoms with E-state index in [1.54, 1.807) is 0 Å². The number of thiophene rings is 1. The third-order valence-electron chi connectivity index (χ3n) is 2.71. The Balaban J connectivity index is 2.05. The van der Waals surface area contributed by atoms with E-state index in [1.165, 1.54) is 16.9 Å². The van der Waals surface area contributed by atoms with Crippen LogP contribution < -0.4 is 11.1 Å². The summed E-state index contributed by atoms with van der Waals surface area (Å²) in [5, 5.41) is 5.64. The van der Waals surface area contributed by atoms with Crippen molar-refractivity contribution >= 4 is 11.3 Å². The van der Waals surface area contributed by atoms with Crippen LogP contribution in [0.15, 0.2) is 11.4 Å². The van der Waals surface area contributed by atoms with Crippen LogP contribution in [0.3, 0.4) is 0 Å². The summed E-state index contributed by atoms with van der Waals surface area (Å²) >= 11 is 1.86. The normalized spacial score (nSPS) is 13.0. The van der Waals surface area contributed by atoms with Gasteiger partial charge in [-0.1, -0.05) is 6.92 Å². The summed E-state index contributed by atoms with van der Waals surface area (Å²) in [5.74, 6) is 0.640. The third-order valence-corrected chi connectivity index (χ3v) is 3.80. The summed E-state index contributed by atoms with van der Waals surface area (Å²) in [6.07, 6.45) is 2.33. The first-order valence-electron chi connectivity index (χ1n) is 5.67. The van der Waals surface area contributed by atoms with Crippen LogP contribution in [0.2, 0.25) is 0 Å². The van der Waals surface area contributed by atoms with E-state index in [4.69, 9.17) is 5.73 Å². The maximum atomic E-state index is 5.56. The lowest BCUT2D eigenvalue weighted by atomic mass is 10.1. The molecular weight excluding hydrogens is 204 g/mol. The molecule has 1 aromatic rings. The molecule has 0 bridgehead atoms. The van der Waals surface area contributed by atoms with Gasteiger partial charge in [-0.25, -0.2) is 0 Å². The van der Waals surface area contributed by atoms with E-state index >= 15 is 0 Å². The molecule has 86 valence electrons. The molecule has 1 aromatic heterocycles. The summed E-state index contributed by atoms with van der Waals surface area (Å²) < 4.78 is 0. The fourth-order valence-corrected chi connectivity index (χ4v) is 2.36. The van der Waals surface area contributed by atoms with Crippen molar-refractivity contribution in [1.29, 1.82) is 0 Å². The summed E-state index contributed by atoms with van der Waals surface area (Å²) in [4.78, 5) is 1.51.